The number of hydrogen-bond donors (Lipinski definition) is 0. The monoisotopic (exact) mass is 798 g/mol. The molecule has 0 saturated carbocycles. The number of pyridine rings is 2. The van der Waals surface area contributed by atoms with Gasteiger partial charge in [0, 0.05) is 39.2 Å². The summed E-state index contributed by atoms with van der Waals surface area (Å²) in [6, 6.07) is 68.9. The van der Waals surface area contributed by atoms with Gasteiger partial charge < -0.3 is 4.74 Å². The maximum Gasteiger partial charge on any atom is 0.311 e. The highest BCUT2D eigenvalue weighted by atomic mass is 16.5. The third-order valence-corrected chi connectivity index (χ3v) is 13.9. The Morgan fingerprint density at radius 1 is 0.452 bits per heavy atom. The zero-order valence-corrected chi connectivity index (χ0v) is 34.2. The second-order valence-corrected chi connectivity index (χ2v) is 17.2. The fourth-order valence-electron chi connectivity index (χ4n) is 11.1. The molecule has 0 radical (unpaired) electrons. The van der Waals surface area contributed by atoms with Crippen LogP contribution in [0.5, 0.6) is 5.75 Å². The van der Waals surface area contributed by atoms with Crippen molar-refractivity contribution in [3.8, 4) is 28.3 Å². The predicted octanol–water partition coefficient (Wildman–Crippen LogP) is 13.7. The molecule has 296 valence electrons. The van der Waals surface area contributed by atoms with Gasteiger partial charge in [0.1, 0.15) is 5.75 Å². The van der Waals surface area contributed by atoms with E-state index < -0.39 is 10.8 Å². The lowest BCUT2D eigenvalue weighted by atomic mass is 9.59. The standard InChI is InChI=1S/C58H42N2O2/c61-52(62-43-21-5-2-6-22-43)32-34-58(47-30-28-40-18-8-12-24-45(40)54(47)56-49(58)36-42-20-10-14-26-51(42)60-56)37-57(33-31-38-15-3-1-4-16-38)46-29-27-39-17-7-11-23-44(39)53(46)55-48(57)35-41-19-9-13-25-50(41)59-55/h1-30,35-36H,31-34,37H2. The highest BCUT2D eigenvalue weighted by Gasteiger charge is 2.54. The fraction of sp³-hybridized carbons (Fsp3) is 0.121. The summed E-state index contributed by atoms with van der Waals surface area (Å²) in [5.74, 6) is 0.310. The largest absolute Gasteiger partial charge is 0.427 e. The smallest absolute Gasteiger partial charge is 0.311 e. The third kappa shape index (κ3) is 5.70. The van der Waals surface area contributed by atoms with Crippen LogP contribution in [0.2, 0.25) is 0 Å². The van der Waals surface area contributed by atoms with Crippen molar-refractivity contribution in [3.63, 3.8) is 0 Å². The van der Waals surface area contributed by atoms with Crippen molar-refractivity contribution in [2.75, 3.05) is 0 Å². The van der Waals surface area contributed by atoms with E-state index in [-0.39, 0.29) is 12.4 Å². The number of nitrogens with zero attached hydrogens (tertiary/aromatic N) is 2. The quantitative estimate of drug-likeness (QED) is 0.108. The molecule has 0 N–H and O–H groups in total. The number of carbonyl (C=O) groups is 1. The van der Waals surface area contributed by atoms with Crippen LogP contribution in [0, 0.1) is 0 Å². The van der Waals surface area contributed by atoms with Gasteiger partial charge in [0.25, 0.3) is 0 Å². The van der Waals surface area contributed by atoms with Gasteiger partial charge in [-0.05, 0) is 111 Å². The van der Waals surface area contributed by atoms with E-state index in [1.165, 1.54) is 54.9 Å². The number of aryl methyl sites for hydroxylation is 1. The molecular weight excluding hydrogens is 757 g/mol. The Morgan fingerprint density at radius 2 is 0.919 bits per heavy atom. The Labute approximate surface area is 360 Å². The van der Waals surface area contributed by atoms with Crippen LogP contribution in [-0.2, 0) is 22.0 Å². The van der Waals surface area contributed by atoms with Gasteiger partial charge >= 0.3 is 5.97 Å². The highest BCUT2D eigenvalue weighted by Crippen LogP contribution is 2.63. The van der Waals surface area contributed by atoms with Crippen molar-refractivity contribution >= 4 is 49.3 Å². The van der Waals surface area contributed by atoms with Crippen molar-refractivity contribution in [1.29, 1.82) is 0 Å². The van der Waals surface area contributed by atoms with E-state index in [2.05, 4.69) is 164 Å². The van der Waals surface area contributed by atoms with Crippen LogP contribution >= 0.6 is 0 Å². The molecule has 2 atom stereocenters. The van der Waals surface area contributed by atoms with Gasteiger partial charge in [0.2, 0.25) is 0 Å². The average molecular weight is 799 g/mol. The summed E-state index contributed by atoms with van der Waals surface area (Å²) < 4.78 is 6.08. The molecule has 12 rings (SSSR count). The van der Waals surface area contributed by atoms with Gasteiger partial charge in [-0.2, -0.15) is 0 Å². The fourth-order valence-corrected chi connectivity index (χ4v) is 11.1. The van der Waals surface area contributed by atoms with E-state index in [1.54, 1.807) is 0 Å². The molecule has 0 bridgehead atoms. The van der Waals surface area contributed by atoms with Crippen molar-refractivity contribution < 1.29 is 9.53 Å². The number of rotatable bonds is 9. The summed E-state index contributed by atoms with van der Waals surface area (Å²) >= 11 is 0. The molecule has 2 aliphatic carbocycles. The number of aromatic nitrogens is 2. The minimum atomic E-state index is -0.658. The van der Waals surface area contributed by atoms with Crippen molar-refractivity contribution in [2.24, 2.45) is 0 Å². The lowest BCUT2D eigenvalue weighted by molar-refractivity contribution is -0.134. The van der Waals surface area contributed by atoms with Gasteiger partial charge in [0.15, 0.2) is 0 Å². The molecule has 0 amide bonds. The molecule has 2 aromatic heterocycles. The van der Waals surface area contributed by atoms with Crippen LogP contribution in [-0.4, -0.2) is 15.9 Å². The predicted molar refractivity (Wildman–Crippen MR) is 252 cm³/mol. The number of esters is 1. The molecule has 0 saturated heterocycles. The minimum absolute atomic E-state index is 0.218. The highest BCUT2D eigenvalue weighted by molar-refractivity contribution is 6.05. The van der Waals surface area contributed by atoms with E-state index in [0.29, 0.717) is 18.6 Å². The number of benzene rings is 8. The van der Waals surface area contributed by atoms with Gasteiger partial charge in [0.05, 0.1) is 22.4 Å². The maximum absolute atomic E-state index is 14.2. The molecule has 2 aliphatic rings. The van der Waals surface area contributed by atoms with E-state index in [4.69, 9.17) is 14.7 Å². The van der Waals surface area contributed by atoms with Gasteiger partial charge in [-0.3, -0.25) is 4.79 Å². The van der Waals surface area contributed by atoms with Gasteiger partial charge in [-0.1, -0.05) is 158 Å². The van der Waals surface area contributed by atoms with Crippen molar-refractivity contribution in [1.82, 2.24) is 9.97 Å². The topological polar surface area (TPSA) is 52.1 Å². The number of carbonyl (C=O) groups excluding carboxylic acids is 1. The Hall–Kier alpha value is -7.43. The molecule has 2 heterocycles. The summed E-state index contributed by atoms with van der Waals surface area (Å²) in [5, 5.41) is 6.96. The van der Waals surface area contributed by atoms with Gasteiger partial charge in [-0.25, -0.2) is 9.97 Å². The Balaban J connectivity index is 1.16. The summed E-state index contributed by atoms with van der Waals surface area (Å²) in [7, 11) is 0. The van der Waals surface area contributed by atoms with E-state index in [1.807, 2.05) is 30.3 Å². The summed E-state index contributed by atoms with van der Waals surface area (Å²) in [6.07, 6.45) is 3.14. The number of ether oxygens (including phenoxy) is 1. The Kier molecular flexibility index (Phi) is 8.43. The summed E-state index contributed by atoms with van der Waals surface area (Å²) in [6.45, 7) is 0. The lowest BCUT2D eigenvalue weighted by Crippen LogP contribution is -2.39. The molecule has 0 spiro atoms. The Morgan fingerprint density at radius 3 is 1.48 bits per heavy atom. The number of hydrogen-bond acceptors (Lipinski definition) is 4. The Bertz CT molecular complexity index is 3400. The van der Waals surface area contributed by atoms with Crippen molar-refractivity contribution in [3.05, 3.63) is 222 Å². The van der Waals surface area contributed by atoms with Crippen LogP contribution in [0.15, 0.2) is 194 Å². The van der Waals surface area contributed by atoms with Crippen LogP contribution in [0.3, 0.4) is 0 Å². The van der Waals surface area contributed by atoms with Crippen molar-refractivity contribution in [2.45, 2.75) is 42.9 Å². The second-order valence-electron chi connectivity index (χ2n) is 17.2. The zero-order chi connectivity index (χ0) is 41.3. The molecule has 10 aromatic rings. The van der Waals surface area contributed by atoms with Gasteiger partial charge in [-0.15, -0.1) is 0 Å². The molecule has 0 aliphatic heterocycles. The van der Waals surface area contributed by atoms with Crippen LogP contribution in [0.4, 0.5) is 0 Å². The normalized spacial score (nSPS) is 17.2. The third-order valence-electron chi connectivity index (χ3n) is 13.9. The molecule has 8 aromatic carbocycles. The molecule has 0 fully saturated rings. The molecule has 2 unspecified atom stereocenters. The summed E-state index contributed by atoms with van der Waals surface area (Å²) in [4.78, 5) is 25.4. The first kappa shape index (κ1) is 36.4. The summed E-state index contributed by atoms with van der Waals surface area (Å²) in [5.41, 5.74) is 11.4. The minimum Gasteiger partial charge on any atom is -0.427 e. The first-order valence-corrected chi connectivity index (χ1v) is 21.7. The van der Waals surface area contributed by atoms with E-state index in [0.717, 1.165) is 51.6 Å². The van der Waals surface area contributed by atoms with E-state index >= 15 is 0 Å². The van der Waals surface area contributed by atoms with Crippen LogP contribution < -0.4 is 4.74 Å². The lowest BCUT2D eigenvalue weighted by Gasteiger charge is -2.43. The SMILES string of the molecule is O=C(CCC1(CC2(CCc3ccccc3)c3cc4ccccc4nc3-c3c2ccc2ccccc32)c2cc3ccccc3nc2-c2c1ccc1ccccc21)Oc1ccccc1. The van der Waals surface area contributed by atoms with Crippen LogP contribution in [0.25, 0.3) is 65.9 Å². The maximum atomic E-state index is 14.2. The molecule has 62 heavy (non-hydrogen) atoms. The first-order chi connectivity index (χ1) is 30.6. The number of fused-ring (bicyclic) bond motifs is 12. The molecule has 4 heteroatoms. The first-order valence-electron chi connectivity index (χ1n) is 21.7. The van der Waals surface area contributed by atoms with Crippen LogP contribution in [0.1, 0.15) is 53.5 Å². The number of para-hydroxylation sites is 3. The average Bonchev–Trinajstić information content (AvgIpc) is 3.74. The molecule has 4 nitrogen and oxygen atoms in total. The van der Waals surface area contributed by atoms with E-state index in [9.17, 15) is 4.79 Å². The molecular formula is C58H42N2O2. The zero-order valence-electron chi connectivity index (χ0n) is 34.2. The second kappa shape index (κ2) is 14.4.